The molecule has 0 atom stereocenters. The van der Waals surface area contributed by atoms with E-state index >= 15 is 0 Å². The maximum absolute atomic E-state index is 11.3. The molecule has 2 aromatic carbocycles. The summed E-state index contributed by atoms with van der Waals surface area (Å²) in [7, 11) is 0. The fourth-order valence-corrected chi connectivity index (χ4v) is 4.91. The number of nitrogens with zero attached hydrogens (tertiary/aromatic N) is 4. The molecule has 1 aliphatic rings. The van der Waals surface area contributed by atoms with E-state index < -0.39 is 5.97 Å². The van der Waals surface area contributed by atoms with Crippen molar-refractivity contribution in [3.8, 4) is 22.9 Å². The summed E-state index contributed by atoms with van der Waals surface area (Å²) in [6, 6.07) is 19.4. The number of halogens is 1. The Morgan fingerprint density at radius 1 is 1.03 bits per heavy atom. The van der Waals surface area contributed by atoms with E-state index in [1.807, 2.05) is 48.5 Å². The lowest BCUT2D eigenvalue weighted by molar-refractivity contribution is 0.0696. The number of imidazole rings is 1. The second-order valence-electron chi connectivity index (χ2n) is 9.51. The molecule has 0 radical (unpaired) electrons. The van der Waals surface area contributed by atoms with Crippen molar-refractivity contribution in [3.63, 3.8) is 0 Å². The van der Waals surface area contributed by atoms with Gasteiger partial charge in [0.1, 0.15) is 19.0 Å². The Labute approximate surface area is 232 Å². The van der Waals surface area contributed by atoms with Gasteiger partial charge in [-0.25, -0.2) is 9.78 Å². The number of carboxylic acid groups (broad SMARTS) is 1. The lowest BCUT2D eigenvalue weighted by Crippen LogP contribution is -2.25. The molecule has 0 spiro atoms. The monoisotopic (exact) mass is 546 g/mol. The smallest absolute Gasteiger partial charge is 0.337 e. The van der Waals surface area contributed by atoms with Gasteiger partial charge in [-0.15, -0.1) is 0 Å². The van der Waals surface area contributed by atoms with Crippen molar-refractivity contribution in [2.45, 2.75) is 45.9 Å². The Bertz CT molecular complexity index is 1420. The number of benzene rings is 2. The van der Waals surface area contributed by atoms with Crippen molar-refractivity contribution in [2.75, 3.05) is 13.2 Å². The third-order valence-electron chi connectivity index (χ3n) is 6.63. The van der Waals surface area contributed by atoms with E-state index in [1.54, 1.807) is 12.1 Å². The molecule has 9 heteroatoms. The van der Waals surface area contributed by atoms with Crippen molar-refractivity contribution >= 4 is 17.6 Å². The first kappa shape index (κ1) is 26.7. The molecule has 0 unspecified atom stereocenters. The standard InChI is InChI=1S/C30H31ClN4O4/c1-2-3-13-35-25(28(31)33-29(35)22-7-5-4-6-8-22)20-34(19-24-11-10-23(17-32-24)30(36)37)18-21-9-12-26-27(16-21)39-15-14-38-26/h4-12,16-17H,2-3,13-15,18-20H2,1H3,(H,36,37). The number of fused-ring (bicyclic) bond motifs is 1. The average Bonchev–Trinajstić information content (AvgIpc) is 3.27. The van der Waals surface area contributed by atoms with Gasteiger partial charge in [0.2, 0.25) is 0 Å². The highest BCUT2D eigenvalue weighted by molar-refractivity contribution is 6.30. The number of hydrogen-bond donors (Lipinski definition) is 1. The molecule has 202 valence electrons. The van der Waals surface area contributed by atoms with Gasteiger partial charge in [0.25, 0.3) is 0 Å². The second kappa shape index (κ2) is 12.3. The van der Waals surface area contributed by atoms with Gasteiger partial charge in [-0.1, -0.05) is 61.3 Å². The molecule has 4 aromatic rings. The minimum absolute atomic E-state index is 0.158. The highest BCUT2D eigenvalue weighted by atomic mass is 35.5. The molecule has 1 N–H and O–H groups in total. The number of aromatic carboxylic acids is 1. The lowest BCUT2D eigenvalue weighted by Gasteiger charge is -2.25. The van der Waals surface area contributed by atoms with Crippen molar-refractivity contribution in [3.05, 3.63) is 94.5 Å². The van der Waals surface area contributed by atoms with Gasteiger partial charge in [-0.2, -0.15) is 0 Å². The molecule has 3 heterocycles. The third-order valence-corrected chi connectivity index (χ3v) is 6.94. The van der Waals surface area contributed by atoms with Gasteiger partial charge in [-0.3, -0.25) is 9.88 Å². The van der Waals surface area contributed by atoms with Crippen LogP contribution >= 0.6 is 11.6 Å². The van der Waals surface area contributed by atoms with Crippen LogP contribution in [-0.2, 0) is 26.2 Å². The molecule has 0 amide bonds. The molecule has 0 saturated carbocycles. The first-order chi connectivity index (χ1) is 19.0. The minimum atomic E-state index is -0.998. The topological polar surface area (TPSA) is 89.7 Å². The fourth-order valence-electron chi connectivity index (χ4n) is 4.67. The summed E-state index contributed by atoms with van der Waals surface area (Å²) in [5.41, 5.74) is 3.93. The van der Waals surface area contributed by atoms with Crippen LogP contribution in [0.2, 0.25) is 5.15 Å². The molecular formula is C30H31ClN4O4. The quantitative estimate of drug-likeness (QED) is 0.244. The third kappa shape index (κ3) is 6.41. The minimum Gasteiger partial charge on any atom is -0.486 e. The van der Waals surface area contributed by atoms with Crippen molar-refractivity contribution < 1.29 is 19.4 Å². The molecule has 5 rings (SSSR count). The van der Waals surface area contributed by atoms with Crippen LogP contribution in [0.15, 0.2) is 66.9 Å². The number of ether oxygens (including phenoxy) is 2. The number of rotatable bonds is 11. The lowest BCUT2D eigenvalue weighted by atomic mass is 10.1. The number of carboxylic acids is 1. The first-order valence-corrected chi connectivity index (χ1v) is 13.5. The van der Waals surface area contributed by atoms with Gasteiger partial charge in [0, 0.05) is 37.9 Å². The first-order valence-electron chi connectivity index (χ1n) is 13.1. The van der Waals surface area contributed by atoms with Crippen LogP contribution in [0, 0.1) is 0 Å². The second-order valence-corrected chi connectivity index (χ2v) is 9.87. The molecule has 0 aliphatic carbocycles. The Kier molecular flexibility index (Phi) is 8.44. The number of unbranched alkanes of at least 4 members (excludes halogenated alkanes) is 1. The largest absolute Gasteiger partial charge is 0.486 e. The Balaban J connectivity index is 1.48. The Morgan fingerprint density at radius 2 is 1.82 bits per heavy atom. The fraction of sp³-hybridized carbons (Fsp3) is 0.300. The summed E-state index contributed by atoms with van der Waals surface area (Å²) in [5, 5.41) is 9.75. The van der Waals surface area contributed by atoms with Gasteiger partial charge in [0.05, 0.1) is 17.0 Å². The van der Waals surface area contributed by atoms with E-state index in [0.29, 0.717) is 38.0 Å². The Morgan fingerprint density at radius 3 is 2.54 bits per heavy atom. The zero-order chi connectivity index (χ0) is 27.2. The molecule has 8 nitrogen and oxygen atoms in total. The van der Waals surface area contributed by atoms with E-state index in [9.17, 15) is 9.90 Å². The van der Waals surface area contributed by atoms with Gasteiger partial charge >= 0.3 is 5.97 Å². The summed E-state index contributed by atoms with van der Waals surface area (Å²) in [4.78, 5) is 22.7. The normalized spacial score (nSPS) is 12.6. The zero-order valence-electron chi connectivity index (χ0n) is 21.8. The van der Waals surface area contributed by atoms with Crippen molar-refractivity contribution in [1.29, 1.82) is 0 Å². The van der Waals surface area contributed by atoms with Gasteiger partial charge in [0.15, 0.2) is 16.7 Å². The molecule has 0 saturated heterocycles. The predicted octanol–water partition coefficient (Wildman–Crippen LogP) is 6.07. The van der Waals surface area contributed by atoms with Gasteiger partial charge in [-0.05, 0) is 36.2 Å². The van der Waals surface area contributed by atoms with E-state index in [-0.39, 0.29) is 5.56 Å². The van der Waals surface area contributed by atoms with Crippen LogP contribution in [-0.4, -0.2) is 43.7 Å². The number of aromatic nitrogens is 3. The average molecular weight is 547 g/mol. The Hall–Kier alpha value is -3.88. The summed E-state index contributed by atoms with van der Waals surface area (Å²) >= 11 is 6.80. The van der Waals surface area contributed by atoms with Crippen LogP contribution in [0.25, 0.3) is 11.4 Å². The molecule has 0 fully saturated rings. The molecular weight excluding hydrogens is 516 g/mol. The van der Waals surface area contributed by atoms with Crippen molar-refractivity contribution in [2.24, 2.45) is 0 Å². The van der Waals surface area contributed by atoms with Crippen LogP contribution < -0.4 is 9.47 Å². The molecule has 1 aliphatic heterocycles. The summed E-state index contributed by atoms with van der Waals surface area (Å²) in [6.07, 6.45) is 3.44. The van der Waals surface area contributed by atoms with Crippen LogP contribution in [0.4, 0.5) is 0 Å². The number of pyridine rings is 1. The predicted molar refractivity (Wildman–Crippen MR) is 149 cm³/mol. The summed E-state index contributed by atoms with van der Waals surface area (Å²) < 4.78 is 13.7. The number of hydrogen-bond acceptors (Lipinski definition) is 6. The highest BCUT2D eigenvalue weighted by Gasteiger charge is 2.21. The van der Waals surface area contributed by atoms with Crippen molar-refractivity contribution in [1.82, 2.24) is 19.4 Å². The maximum atomic E-state index is 11.3. The van der Waals surface area contributed by atoms with Gasteiger partial charge < -0.3 is 19.1 Å². The van der Waals surface area contributed by atoms with E-state index in [1.165, 1.54) is 6.20 Å². The zero-order valence-corrected chi connectivity index (χ0v) is 22.6. The summed E-state index contributed by atoms with van der Waals surface area (Å²) in [6.45, 7) is 5.65. The number of carbonyl (C=O) groups is 1. The molecule has 39 heavy (non-hydrogen) atoms. The van der Waals surface area contributed by atoms with E-state index in [4.69, 9.17) is 26.1 Å². The highest BCUT2D eigenvalue weighted by Crippen LogP contribution is 2.32. The van der Waals surface area contributed by atoms with Crippen LogP contribution in [0.5, 0.6) is 11.5 Å². The summed E-state index contributed by atoms with van der Waals surface area (Å²) in [5.74, 6) is 1.34. The van der Waals surface area contributed by atoms with E-state index in [2.05, 4.69) is 21.4 Å². The molecule has 0 bridgehead atoms. The van der Waals surface area contributed by atoms with E-state index in [0.717, 1.165) is 59.2 Å². The van der Waals surface area contributed by atoms with Crippen LogP contribution in [0.1, 0.15) is 47.1 Å². The molecule has 2 aromatic heterocycles. The maximum Gasteiger partial charge on any atom is 0.337 e. The van der Waals surface area contributed by atoms with Crippen LogP contribution in [0.3, 0.4) is 0 Å². The SMILES string of the molecule is CCCCn1c(-c2ccccc2)nc(Cl)c1CN(Cc1ccc2c(c1)OCCO2)Cc1ccc(C(=O)O)cn1.